The molecule has 3 atom stereocenters. The Hall–Kier alpha value is -0.470. The maximum Gasteiger partial charge on any atom is 0.392 e. The molecule has 2 bridgehead atoms. The van der Waals surface area contributed by atoms with Crippen molar-refractivity contribution in [1.82, 2.24) is 0 Å². The maximum absolute atomic E-state index is 12.8. The van der Waals surface area contributed by atoms with Crippen LogP contribution in [0.4, 0.5) is 13.2 Å². The third-order valence-electron chi connectivity index (χ3n) is 3.95. The van der Waals surface area contributed by atoms with E-state index in [1.165, 1.54) is 0 Å². The van der Waals surface area contributed by atoms with Gasteiger partial charge >= 0.3 is 6.18 Å². The van der Waals surface area contributed by atoms with Crippen LogP contribution < -0.4 is 0 Å². The van der Waals surface area contributed by atoms with Gasteiger partial charge < -0.3 is 0 Å². The van der Waals surface area contributed by atoms with Gasteiger partial charge in [-0.1, -0.05) is 26.0 Å². The fourth-order valence-electron chi connectivity index (χ4n) is 3.12. The highest BCUT2D eigenvalue weighted by Gasteiger charge is 2.60. The molecule has 0 N–H and O–H groups in total. The zero-order chi connectivity index (χ0) is 10.6. The molecular formula is C11H15F3. The van der Waals surface area contributed by atoms with Crippen molar-refractivity contribution < 1.29 is 13.2 Å². The molecule has 0 aromatic rings. The molecule has 0 saturated heterocycles. The molecule has 1 fully saturated rings. The van der Waals surface area contributed by atoms with Crippen LogP contribution in [0.3, 0.4) is 0 Å². The first-order valence-corrected chi connectivity index (χ1v) is 5.12. The average Bonchev–Trinajstić information content (AvgIpc) is 2.59. The Kier molecular flexibility index (Phi) is 1.99. The summed E-state index contributed by atoms with van der Waals surface area (Å²) in [5.74, 6) is -0.855. The lowest BCUT2D eigenvalue weighted by Crippen LogP contribution is -2.38. The van der Waals surface area contributed by atoms with E-state index in [0.717, 1.165) is 0 Å². The van der Waals surface area contributed by atoms with Crippen LogP contribution in [0.5, 0.6) is 0 Å². The van der Waals surface area contributed by atoms with Crippen LogP contribution in [0.15, 0.2) is 12.2 Å². The molecule has 0 nitrogen and oxygen atoms in total. The van der Waals surface area contributed by atoms with E-state index in [2.05, 4.69) is 0 Å². The number of hydrogen-bond donors (Lipinski definition) is 0. The van der Waals surface area contributed by atoms with E-state index in [9.17, 15) is 13.2 Å². The number of fused-ring (bicyclic) bond motifs is 2. The highest BCUT2D eigenvalue weighted by Crippen LogP contribution is 2.61. The molecule has 0 heterocycles. The second-order valence-corrected chi connectivity index (χ2v) is 4.92. The SMILES string of the molecule is CC(C)C12C=CC(CC1C(F)(F)F)C2. The van der Waals surface area contributed by atoms with Gasteiger partial charge in [0.1, 0.15) is 0 Å². The molecule has 14 heavy (non-hydrogen) atoms. The first-order valence-electron chi connectivity index (χ1n) is 5.12. The van der Waals surface area contributed by atoms with Gasteiger partial charge in [0.15, 0.2) is 0 Å². The third kappa shape index (κ3) is 1.21. The van der Waals surface area contributed by atoms with E-state index in [1.54, 1.807) is 0 Å². The minimum Gasteiger partial charge on any atom is -0.171 e. The molecule has 80 valence electrons. The van der Waals surface area contributed by atoms with Crippen LogP contribution in [0.25, 0.3) is 0 Å². The summed E-state index contributed by atoms with van der Waals surface area (Å²) < 4.78 is 38.4. The second kappa shape index (κ2) is 2.77. The summed E-state index contributed by atoms with van der Waals surface area (Å²) in [6.07, 6.45) is 0.781. The molecule has 0 aromatic carbocycles. The zero-order valence-corrected chi connectivity index (χ0v) is 8.43. The molecule has 2 rings (SSSR count). The first-order chi connectivity index (χ1) is 6.36. The summed E-state index contributed by atoms with van der Waals surface area (Å²) in [7, 11) is 0. The summed E-state index contributed by atoms with van der Waals surface area (Å²) in [4.78, 5) is 0. The molecule has 0 aliphatic heterocycles. The van der Waals surface area contributed by atoms with Gasteiger partial charge in [0.25, 0.3) is 0 Å². The predicted molar refractivity (Wildman–Crippen MR) is 48.7 cm³/mol. The monoisotopic (exact) mass is 204 g/mol. The molecule has 0 amide bonds. The normalized spacial score (nSPS) is 41.3. The topological polar surface area (TPSA) is 0 Å². The summed E-state index contributed by atoms with van der Waals surface area (Å²) in [5.41, 5.74) is -0.594. The minimum atomic E-state index is -4.02. The molecule has 3 unspecified atom stereocenters. The third-order valence-corrected chi connectivity index (χ3v) is 3.95. The van der Waals surface area contributed by atoms with Crippen molar-refractivity contribution in [2.45, 2.75) is 32.9 Å². The van der Waals surface area contributed by atoms with Crippen LogP contribution in [0, 0.1) is 23.2 Å². The highest BCUT2D eigenvalue weighted by atomic mass is 19.4. The number of rotatable bonds is 1. The van der Waals surface area contributed by atoms with Crippen LogP contribution in [0.1, 0.15) is 26.7 Å². The van der Waals surface area contributed by atoms with E-state index < -0.39 is 17.5 Å². The quantitative estimate of drug-likeness (QED) is 0.570. The summed E-state index contributed by atoms with van der Waals surface area (Å²) in [5, 5.41) is 0. The van der Waals surface area contributed by atoms with Gasteiger partial charge in [0, 0.05) is 5.41 Å². The van der Waals surface area contributed by atoms with Gasteiger partial charge in [-0.3, -0.25) is 0 Å². The Labute approximate surface area is 82.2 Å². The van der Waals surface area contributed by atoms with Crippen molar-refractivity contribution in [2.75, 3.05) is 0 Å². The fraction of sp³-hybridized carbons (Fsp3) is 0.818. The Morgan fingerprint density at radius 1 is 1.36 bits per heavy atom. The van der Waals surface area contributed by atoms with Crippen LogP contribution in [-0.2, 0) is 0 Å². The lowest BCUT2D eigenvalue weighted by Gasteiger charge is -2.37. The lowest BCUT2D eigenvalue weighted by atomic mass is 9.69. The predicted octanol–water partition coefficient (Wildman–Crippen LogP) is 3.79. The number of halogens is 3. The smallest absolute Gasteiger partial charge is 0.171 e. The van der Waals surface area contributed by atoms with Crippen LogP contribution >= 0.6 is 0 Å². The van der Waals surface area contributed by atoms with E-state index >= 15 is 0 Å². The van der Waals surface area contributed by atoms with E-state index in [0.29, 0.717) is 12.8 Å². The molecule has 0 radical (unpaired) electrons. The van der Waals surface area contributed by atoms with Crippen LogP contribution in [-0.4, -0.2) is 6.18 Å². The van der Waals surface area contributed by atoms with Gasteiger partial charge in [-0.05, 0) is 24.7 Å². The Bertz CT molecular complexity index is 264. The van der Waals surface area contributed by atoms with Crippen molar-refractivity contribution >= 4 is 0 Å². The largest absolute Gasteiger partial charge is 0.392 e. The molecule has 3 heteroatoms. The fourth-order valence-corrected chi connectivity index (χ4v) is 3.12. The Morgan fingerprint density at radius 3 is 2.36 bits per heavy atom. The molecule has 2 aliphatic rings. The number of alkyl halides is 3. The number of allylic oxidation sites excluding steroid dienone is 2. The van der Waals surface area contributed by atoms with E-state index in [-0.39, 0.29) is 11.8 Å². The molecule has 1 saturated carbocycles. The summed E-state index contributed by atoms with van der Waals surface area (Å²) in [6, 6.07) is 0. The minimum absolute atomic E-state index is 0.0814. The first kappa shape index (κ1) is 10.1. The summed E-state index contributed by atoms with van der Waals surface area (Å²) >= 11 is 0. The molecule has 0 spiro atoms. The molecule has 0 aromatic heterocycles. The van der Waals surface area contributed by atoms with Crippen molar-refractivity contribution in [3.8, 4) is 0 Å². The van der Waals surface area contributed by atoms with E-state index in [4.69, 9.17) is 0 Å². The van der Waals surface area contributed by atoms with Crippen LogP contribution in [0.2, 0.25) is 0 Å². The standard InChI is InChI=1S/C11H15F3/c1-7(2)10-4-3-8(6-10)5-9(10)11(12,13)14/h3-4,7-9H,5-6H2,1-2H3. The summed E-state index contributed by atoms with van der Waals surface area (Å²) in [6.45, 7) is 3.80. The van der Waals surface area contributed by atoms with Crippen molar-refractivity contribution in [3.63, 3.8) is 0 Å². The number of hydrogen-bond acceptors (Lipinski definition) is 0. The highest BCUT2D eigenvalue weighted by molar-refractivity contribution is 5.20. The second-order valence-electron chi connectivity index (χ2n) is 4.92. The van der Waals surface area contributed by atoms with Crippen molar-refractivity contribution in [3.05, 3.63) is 12.2 Å². The van der Waals surface area contributed by atoms with Crippen molar-refractivity contribution in [2.24, 2.45) is 23.2 Å². The van der Waals surface area contributed by atoms with Gasteiger partial charge in [-0.2, -0.15) is 13.2 Å². The van der Waals surface area contributed by atoms with Gasteiger partial charge in [0.2, 0.25) is 0 Å². The van der Waals surface area contributed by atoms with Gasteiger partial charge in [0.05, 0.1) is 5.92 Å². The maximum atomic E-state index is 12.8. The van der Waals surface area contributed by atoms with Gasteiger partial charge in [-0.15, -0.1) is 0 Å². The van der Waals surface area contributed by atoms with Gasteiger partial charge in [-0.25, -0.2) is 0 Å². The van der Waals surface area contributed by atoms with Crippen molar-refractivity contribution in [1.29, 1.82) is 0 Å². The van der Waals surface area contributed by atoms with E-state index in [1.807, 2.05) is 26.0 Å². The molecular weight excluding hydrogens is 189 g/mol. The Balaban J connectivity index is 2.33. The zero-order valence-electron chi connectivity index (χ0n) is 8.43. The Morgan fingerprint density at radius 2 is 2.00 bits per heavy atom. The average molecular weight is 204 g/mol. The molecule has 2 aliphatic carbocycles. The lowest BCUT2D eigenvalue weighted by molar-refractivity contribution is -0.199.